The van der Waals surface area contributed by atoms with Crippen LogP contribution in [0, 0.1) is 0 Å². The van der Waals surface area contributed by atoms with E-state index < -0.39 is 19.9 Å². The van der Waals surface area contributed by atoms with Gasteiger partial charge >= 0.3 is 0 Å². The van der Waals surface area contributed by atoms with E-state index in [0.717, 1.165) is 0 Å². The molecule has 0 amide bonds. The number of aromatic nitrogens is 1. The first-order valence-corrected chi connectivity index (χ1v) is 9.58. The zero-order chi connectivity index (χ0) is 15.0. The summed E-state index contributed by atoms with van der Waals surface area (Å²) in [5, 5.41) is 0. The fourth-order valence-corrected chi connectivity index (χ4v) is 5.19. The number of aryl methyl sites for hydroxylation is 1. The molecule has 1 saturated heterocycles. The third kappa shape index (κ3) is 3.05. The Morgan fingerprint density at radius 1 is 1.30 bits per heavy atom. The van der Waals surface area contributed by atoms with E-state index in [1.54, 1.807) is 11.6 Å². The maximum atomic E-state index is 12.5. The lowest BCUT2D eigenvalue weighted by Crippen LogP contribution is -2.33. The Balaban J connectivity index is 2.30. The third-order valence-electron chi connectivity index (χ3n) is 3.44. The average molecular weight is 321 g/mol. The molecule has 0 atom stereocenters. The molecule has 1 aromatic heterocycles. The Kier molecular flexibility index (Phi) is 4.24. The van der Waals surface area contributed by atoms with Crippen LogP contribution in [0.2, 0.25) is 0 Å². The van der Waals surface area contributed by atoms with E-state index in [4.69, 9.17) is 5.73 Å². The summed E-state index contributed by atoms with van der Waals surface area (Å²) in [7, 11) is -5.06. The van der Waals surface area contributed by atoms with Crippen LogP contribution in [0.1, 0.15) is 12.1 Å². The van der Waals surface area contributed by atoms with Crippen LogP contribution < -0.4 is 5.73 Å². The molecule has 114 valence electrons. The molecule has 2 rings (SSSR count). The highest BCUT2D eigenvalue weighted by Crippen LogP contribution is 2.20. The molecule has 0 aromatic carbocycles. The van der Waals surface area contributed by atoms with Gasteiger partial charge in [-0.15, -0.1) is 0 Å². The molecule has 9 heteroatoms. The maximum Gasteiger partial charge on any atom is 0.244 e. The molecule has 2 N–H and O–H groups in total. The summed E-state index contributed by atoms with van der Waals surface area (Å²) in [5.41, 5.74) is 6.25. The minimum absolute atomic E-state index is 0.0114. The second kappa shape index (κ2) is 5.47. The summed E-state index contributed by atoms with van der Waals surface area (Å²) < 4.78 is 51.0. The first kappa shape index (κ1) is 15.5. The molecule has 0 aliphatic carbocycles. The molecular weight excluding hydrogens is 302 g/mol. The Bertz CT molecular complexity index is 691. The van der Waals surface area contributed by atoms with Gasteiger partial charge in [0.25, 0.3) is 0 Å². The van der Waals surface area contributed by atoms with Crippen molar-refractivity contribution in [3.05, 3.63) is 18.0 Å². The molecule has 7 nitrogen and oxygen atoms in total. The number of rotatable bonds is 3. The molecule has 1 aromatic rings. The monoisotopic (exact) mass is 321 g/mol. The molecular formula is C11H19N3O4S2. The number of sulfonamides is 1. The van der Waals surface area contributed by atoms with Crippen molar-refractivity contribution in [2.75, 3.05) is 24.6 Å². The van der Waals surface area contributed by atoms with E-state index in [-0.39, 0.29) is 36.0 Å². The second-order valence-corrected chi connectivity index (χ2v) is 9.13. The molecule has 0 spiro atoms. The summed E-state index contributed by atoms with van der Waals surface area (Å²) in [4.78, 5) is 0.166. The van der Waals surface area contributed by atoms with Gasteiger partial charge in [-0.2, -0.15) is 4.31 Å². The van der Waals surface area contributed by atoms with Gasteiger partial charge in [0.05, 0.1) is 11.5 Å². The first-order valence-electron chi connectivity index (χ1n) is 6.32. The van der Waals surface area contributed by atoms with Gasteiger partial charge in [-0.05, 0) is 12.5 Å². The highest BCUT2D eigenvalue weighted by Gasteiger charge is 2.29. The summed E-state index contributed by atoms with van der Waals surface area (Å²) in [6.45, 7) is 0.492. The molecule has 0 radical (unpaired) electrons. The predicted octanol–water partition coefficient (Wildman–Crippen LogP) is -0.707. The van der Waals surface area contributed by atoms with Crippen molar-refractivity contribution >= 4 is 19.9 Å². The first-order chi connectivity index (χ1) is 9.26. The number of hydrogen-bond donors (Lipinski definition) is 1. The number of sulfone groups is 1. The Hall–Kier alpha value is -0.900. The Morgan fingerprint density at radius 2 is 2.00 bits per heavy atom. The van der Waals surface area contributed by atoms with Crippen LogP contribution in [0.15, 0.2) is 17.2 Å². The topological polar surface area (TPSA) is 102 Å². The molecule has 0 bridgehead atoms. The minimum Gasteiger partial charge on any atom is -0.352 e. The van der Waals surface area contributed by atoms with Gasteiger partial charge in [0.1, 0.15) is 4.90 Å². The predicted molar refractivity (Wildman–Crippen MR) is 75.3 cm³/mol. The zero-order valence-electron chi connectivity index (χ0n) is 11.3. The highest BCUT2D eigenvalue weighted by molar-refractivity contribution is 7.91. The third-order valence-corrected chi connectivity index (χ3v) is 7.02. The van der Waals surface area contributed by atoms with Gasteiger partial charge in [-0.1, -0.05) is 0 Å². The number of hydrogen-bond acceptors (Lipinski definition) is 5. The molecule has 2 heterocycles. The van der Waals surface area contributed by atoms with E-state index in [1.165, 1.54) is 16.6 Å². The SMILES string of the molecule is Cn1cc(S(=O)(=O)N2CCCS(=O)(=O)CC2)cc1CN. The summed E-state index contributed by atoms with van der Waals surface area (Å²) in [6.07, 6.45) is 1.84. The van der Waals surface area contributed by atoms with Crippen LogP contribution in [0.4, 0.5) is 0 Å². The van der Waals surface area contributed by atoms with Crippen molar-refractivity contribution in [2.45, 2.75) is 17.9 Å². The van der Waals surface area contributed by atoms with Crippen molar-refractivity contribution in [1.29, 1.82) is 0 Å². The lowest BCUT2D eigenvalue weighted by atomic mass is 10.4. The van der Waals surface area contributed by atoms with Crippen LogP contribution in [-0.2, 0) is 33.5 Å². The van der Waals surface area contributed by atoms with Crippen molar-refractivity contribution in [1.82, 2.24) is 8.87 Å². The quantitative estimate of drug-likeness (QED) is 0.792. The smallest absolute Gasteiger partial charge is 0.244 e. The fraction of sp³-hybridized carbons (Fsp3) is 0.636. The number of nitrogens with zero attached hydrogens (tertiary/aromatic N) is 2. The summed E-state index contributed by atoms with van der Waals surface area (Å²) in [5.74, 6) is -0.0787. The Labute approximate surface area is 119 Å². The molecule has 1 aliphatic rings. The maximum absolute atomic E-state index is 12.5. The summed E-state index contributed by atoms with van der Waals surface area (Å²) in [6, 6.07) is 1.54. The van der Waals surface area contributed by atoms with Crippen LogP contribution >= 0.6 is 0 Å². The van der Waals surface area contributed by atoms with Gasteiger partial charge in [-0.3, -0.25) is 0 Å². The average Bonchev–Trinajstić information content (AvgIpc) is 2.64. The van der Waals surface area contributed by atoms with Crippen LogP contribution in [0.3, 0.4) is 0 Å². The molecule has 1 fully saturated rings. The summed E-state index contributed by atoms with van der Waals surface area (Å²) >= 11 is 0. The van der Waals surface area contributed by atoms with Gasteiger partial charge < -0.3 is 10.3 Å². The lowest BCUT2D eigenvalue weighted by Gasteiger charge is -2.18. The lowest BCUT2D eigenvalue weighted by molar-refractivity contribution is 0.434. The van der Waals surface area contributed by atoms with Crippen LogP contribution in [0.25, 0.3) is 0 Å². The molecule has 0 saturated carbocycles. The van der Waals surface area contributed by atoms with E-state index in [9.17, 15) is 16.8 Å². The van der Waals surface area contributed by atoms with Gasteiger partial charge in [0.15, 0.2) is 9.84 Å². The second-order valence-electron chi connectivity index (χ2n) is 4.89. The molecule has 20 heavy (non-hydrogen) atoms. The molecule has 1 aliphatic heterocycles. The zero-order valence-corrected chi connectivity index (χ0v) is 13.0. The van der Waals surface area contributed by atoms with Crippen LogP contribution in [0.5, 0.6) is 0 Å². The molecule has 0 unspecified atom stereocenters. The van der Waals surface area contributed by atoms with Gasteiger partial charge in [0.2, 0.25) is 10.0 Å². The van der Waals surface area contributed by atoms with E-state index in [2.05, 4.69) is 0 Å². The fourth-order valence-electron chi connectivity index (χ4n) is 2.23. The van der Waals surface area contributed by atoms with E-state index in [1.807, 2.05) is 0 Å². The van der Waals surface area contributed by atoms with Crippen LogP contribution in [-0.4, -0.2) is 50.3 Å². The largest absolute Gasteiger partial charge is 0.352 e. The van der Waals surface area contributed by atoms with Gasteiger partial charge in [0, 0.05) is 38.6 Å². The normalized spacial score (nSPS) is 20.7. The van der Waals surface area contributed by atoms with Crippen molar-refractivity contribution in [3.63, 3.8) is 0 Å². The van der Waals surface area contributed by atoms with Crippen molar-refractivity contribution in [2.24, 2.45) is 12.8 Å². The number of nitrogens with two attached hydrogens (primary N) is 1. The Morgan fingerprint density at radius 3 is 2.60 bits per heavy atom. The van der Waals surface area contributed by atoms with Crippen molar-refractivity contribution < 1.29 is 16.8 Å². The van der Waals surface area contributed by atoms with Gasteiger partial charge in [-0.25, -0.2) is 16.8 Å². The van der Waals surface area contributed by atoms with E-state index in [0.29, 0.717) is 12.1 Å². The minimum atomic E-state index is -3.65. The standard InChI is InChI=1S/C11H19N3O4S2/c1-13-9-11(7-10(13)8-12)20(17,18)14-3-2-5-19(15,16)6-4-14/h7,9H,2-6,8,12H2,1H3. The van der Waals surface area contributed by atoms with Crippen molar-refractivity contribution in [3.8, 4) is 0 Å². The highest BCUT2D eigenvalue weighted by atomic mass is 32.2. The van der Waals surface area contributed by atoms with E-state index >= 15 is 0 Å².